The maximum atomic E-state index is 14.4. The maximum absolute atomic E-state index is 14.4. The summed E-state index contributed by atoms with van der Waals surface area (Å²) in [4.78, 5) is 28.3. The monoisotopic (exact) mass is 461 g/mol. The van der Waals surface area contributed by atoms with E-state index in [2.05, 4.69) is 15.3 Å². The van der Waals surface area contributed by atoms with Gasteiger partial charge in [0.25, 0.3) is 5.56 Å². The smallest absolute Gasteiger partial charge is 0.291 e. The Morgan fingerprint density at radius 2 is 1.79 bits per heavy atom. The molecule has 176 valence electrons. The average Bonchev–Trinajstić information content (AvgIpc) is 3.47. The molecule has 0 radical (unpaired) electrons. The second kappa shape index (κ2) is 9.77. The summed E-state index contributed by atoms with van der Waals surface area (Å²) in [6, 6.07) is 14.2. The van der Waals surface area contributed by atoms with Crippen LogP contribution in [0.3, 0.4) is 0 Å². The Labute approximate surface area is 196 Å². The highest BCUT2D eigenvalue weighted by molar-refractivity contribution is 6.07. The van der Waals surface area contributed by atoms with Gasteiger partial charge in [-0.1, -0.05) is 36.4 Å². The lowest BCUT2D eigenvalue weighted by atomic mass is 10.2. The standard InChI is InChI=1S/C26H28FN5O2/c27-22-10-3-1-8-19(22)17-31-23-11-4-2-9-20(23)21-16-29-32(26(34)25(21)31)18-24(33)28-12-7-15-30-13-5-6-14-30/h1-4,8-11,16H,5-7,12-15,17-18H2,(H,28,33). The molecule has 0 bridgehead atoms. The molecule has 1 N–H and O–H groups in total. The Bertz CT molecular complexity index is 1390. The zero-order chi connectivity index (χ0) is 23.5. The molecule has 2 aromatic heterocycles. The number of benzene rings is 2. The van der Waals surface area contributed by atoms with Crippen LogP contribution in [-0.4, -0.2) is 51.3 Å². The van der Waals surface area contributed by atoms with Gasteiger partial charge in [0.1, 0.15) is 17.9 Å². The molecule has 0 atom stereocenters. The molecule has 0 spiro atoms. The first-order valence-corrected chi connectivity index (χ1v) is 11.8. The summed E-state index contributed by atoms with van der Waals surface area (Å²) >= 11 is 0. The molecule has 7 nitrogen and oxygen atoms in total. The van der Waals surface area contributed by atoms with Gasteiger partial charge in [0.2, 0.25) is 5.91 Å². The molecule has 0 unspecified atom stereocenters. The van der Waals surface area contributed by atoms with E-state index in [0.29, 0.717) is 23.0 Å². The number of carbonyl (C=O) groups is 1. The van der Waals surface area contributed by atoms with Gasteiger partial charge in [-0.15, -0.1) is 0 Å². The van der Waals surface area contributed by atoms with Crippen molar-refractivity contribution in [3.8, 4) is 0 Å². The van der Waals surface area contributed by atoms with Gasteiger partial charge in [-0.2, -0.15) is 5.10 Å². The van der Waals surface area contributed by atoms with Gasteiger partial charge >= 0.3 is 0 Å². The number of hydrogen-bond acceptors (Lipinski definition) is 4. The molecule has 8 heteroatoms. The Balaban J connectivity index is 1.40. The summed E-state index contributed by atoms with van der Waals surface area (Å²) in [7, 11) is 0. The molecule has 1 aliphatic heterocycles. The van der Waals surface area contributed by atoms with Crippen molar-refractivity contribution in [1.82, 2.24) is 24.6 Å². The topological polar surface area (TPSA) is 72.2 Å². The van der Waals surface area contributed by atoms with Crippen molar-refractivity contribution in [2.24, 2.45) is 0 Å². The number of nitrogens with zero attached hydrogens (tertiary/aromatic N) is 4. The largest absolute Gasteiger partial charge is 0.354 e. The number of halogens is 1. The van der Waals surface area contributed by atoms with E-state index in [1.807, 2.05) is 28.8 Å². The van der Waals surface area contributed by atoms with Gasteiger partial charge in [-0.3, -0.25) is 9.59 Å². The predicted molar refractivity (Wildman–Crippen MR) is 130 cm³/mol. The third-order valence-electron chi connectivity index (χ3n) is 6.52. The lowest BCUT2D eigenvalue weighted by molar-refractivity contribution is -0.121. The molecule has 0 aliphatic carbocycles. The molecular formula is C26H28FN5O2. The first kappa shape index (κ1) is 22.3. The lowest BCUT2D eigenvalue weighted by Gasteiger charge is -2.14. The van der Waals surface area contributed by atoms with Crippen LogP contribution in [-0.2, 0) is 17.9 Å². The van der Waals surface area contributed by atoms with Crippen LogP contribution in [0, 0.1) is 5.82 Å². The van der Waals surface area contributed by atoms with Crippen molar-refractivity contribution in [3.63, 3.8) is 0 Å². The fraction of sp³-hybridized carbons (Fsp3) is 0.346. The number of carbonyl (C=O) groups excluding carboxylic acids is 1. The number of para-hydroxylation sites is 1. The number of likely N-dealkylation sites (tertiary alicyclic amines) is 1. The first-order chi connectivity index (χ1) is 16.6. The van der Waals surface area contributed by atoms with Crippen LogP contribution in [0.15, 0.2) is 59.5 Å². The van der Waals surface area contributed by atoms with Crippen molar-refractivity contribution in [2.75, 3.05) is 26.2 Å². The summed E-state index contributed by atoms with van der Waals surface area (Å²) < 4.78 is 17.4. The van der Waals surface area contributed by atoms with E-state index in [-0.39, 0.29) is 30.4 Å². The molecule has 1 amide bonds. The number of aromatic nitrogens is 3. The number of fused-ring (bicyclic) bond motifs is 3. The lowest BCUT2D eigenvalue weighted by Crippen LogP contribution is -2.35. The number of rotatable bonds is 8. The van der Waals surface area contributed by atoms with E-state index >= 15 is 0 Å². The molecule has 34 heavy (non-hydrogen) atoms. The van der Waals surface area contributed by atoms with Gasteiger partial charge < -0.3 is 14.8 Å². The summed E-state index contributed by atoms with van der Waals surface area (Å²) in [5, 5.41) is 8.74. The zero-order valence-electron chi connectivity index (χ0n) is 19.0. The van der Waals surface area contributed by atoms with Crippen LogP contribution >= 0.6 is 0 Å². The Kier molecular flexibility index (Phi) is 6.40. The van der Waals surface area contributed by atoms with Gasteiger partial charge in [0, 0.05) is 28.4 Å². The second-order valence-electron chi connectivity index (χ2n) is 8.82. The van der Waals surface area contributed by atoms with Gasteiger partial charge in [-0.05, 0) is 51.0 Å². The highest BCUT2D eigenvalue weighted by atomic mass is 19.1. The molecule has 5 rings (SSSR count). The minimum atomic E-state index is -0.364. The molecule has 1 saturated heterocycles. The number of amides is 1. The Morgan fingerprint density at radius 3 is 2.62 bits per heavy atom. The fourth-order valence-electron chi connectivity index (χ4n) is 4.80. The number of hydrogen-bond donors (Lipinski definition) is 1. The van der Waals surface area contributed by atoms with Crippen molar-refractivity contribution < 1.29 is 9.18 Å². The van der Waals surface area contributed by atoms with Crippen LogP contribution < -0.4 is 10.9 Å². The summed E-state index contributed by atoms with van der Waals surface area (Å²) in [6.07, 6.45) is 5.00. The third-order valence-corrected chi connectivity index (χ3v) is 6.52. The van der Waals surface area contributed by atoms with Crippen molar-refractivity contribution in [3.05, 3.63) is 76.5 Å². The molecule has 1 aliphatic rings. The molecule has 1 fully saturated rings. The van der Waals surface area contributed by atoms with E-state index in [1.54, 1.807) is 24.4 Å². The predicted octanol–water partition coefficient (Wildman–Crippen LogP) is 3.14. The number of nitrogens with one attached hydrogen (secondary N) is 1. The second-order valence-corrected chi connectivity index (χ2v) is 8.82. The van der Waals surface area contributed by atoms with Crippen molar-refractivity contribution in [1.29, 1.82) is 0 Å². The van der Waals surface area contributed by atoms with E-state index in [0.717, 1.165) is 37.0 Å². The van der Waals surface area contributed by atoms with E-state index < -0.39 is 0 Å². The van der Waals surface area contributed by atoms with E-state index in [1.165, 1.54) is 23.6 Å². The quantitative estimate of drug-likeness (QED) is 0.409. The highest BCUT2D eigenvalue weighted by Gasteiger charge is 2.18. The van der Waals surface area contributed by atoms with Crippen molar-refractivity contribution in [2.45, 2.75) is 32.4 Å². The molecule has 3 heterocycles. The third kappa shape index (κ3) is 4.46. The van der Waals surface area contributed by atoms with Crippen LogP contribution in [0.25, 0.3) is 21.8 Å². The minimum absolute atomic E-state index is 0.153. The highest BCUT2D eigenvalue weighted by Crippen LogP contribution is 2.27. The fourth-order valence-corrected chi connectivity index (χ4v) is 4.80. The Hall–Kier alpha value is -3.52. The molecule has 0 saturated carbocycles. The average molecular weight is 462 g/mol. The molecule has 4 aromatic rings. The summed E-state index contributed by atoms with van der Waals surface area (Å²) in [6.45, 7) is 3.86. The first-order valence-electron chi connectivity index (χ1n) is 11.8. The van der Waals surface area contributed by atoms with Crippen LogP contribution in [0.2, 0.25) is 0 Å². The Morgan fingerprint density at radius 1 is 1.03 bits per heavy atom. The maximum Gasteiger partial charge on any atom is 0.291 e. The summed E-state index contributed by atoms with van der Waals surface area (Å²) in [5.74, 6) is -0.566. The minimum Gasteiger partial charge on any atom is -0.354 e. The van der Waals surface area contributed by atoms with Crippen molar-refractivity contribution >= 4 is 27.7 Å². The van der Waals surface area contributed by atoms with E-state index in [4.69, 9.17) is 0 Å². The van der Waals surface area contributed by atoms with Crippen LogP contribution in [0.1, 0.15) is 24.8 Å². The van der Waals surface area contributed by atoms with Crippen LogP contribution in [0.5, 0.6) is 0 Å². The van der Waals surface area contributed by atoms with Gasteiger partial charge in [0.05, 0.1) is 12.7 Å². The zero-order valence-corrected chi connectivity index (χ0v) is 19.0. The van der Waals surface area contributed by atoms with Gasteiger partial charge in [-0.25, -0.2) is 9.07 Å². The van der Waals surface area contributed by atoms with Gasteiger partial charge in [0.15, 0.2) is 0 Å². The summed E-state index contributed by atoms with van der Waals surface area (Å²) in [5.41, 5.74) is 1.37. The van der Waals surface area contributed by atoms with Crippen LogP contribution in [0.4, 0.5) is 4.39 Å². The SMILES string of the molecule is O=C(Cn1ncc2c3ccccc3n(Cc3ccccc3F)c2c1=O)NCCCN1CCCC1. The normalized spacial score (nSPS) is 14.3. The molecule has 2 aromatic carbocycles. The molecular weight excluding hydrogens is 433 g/mol. The van der Waals surface area contributed by atoms with E-state index in [9.17, 15) is 14.0 Å².